The minimum absolute atomic E-state index is 0.0671. The van der Waals surface area contributed by atoms with Gasteiger partial charge in [0.15, 0.2) is 4.69 Å². The minimum atomic E-state index is 0.0671. The first-order chi connectivity index (χ1) is 5.40. The highest BCUT2D eigenvalue weighted by Crippen LogP contribution is 1.86. The van der Waals surface area contributed by atoms with Crippen molar-refractivity contribution < 1.29 is 4.79 Å². The second kappa shape index (κ2) is 9.20. The molecule has 0 amide bonds. The lowest BCUT2D eigenvalue weighted by Gasteiger charge is -2.10. The van der Waals surface area contributed by atoms with E-state index in [1.54, 1.807) is 6.92 Å². The van der Waals surface area contributed by atoms with Gasteiger partial charge in [0.05, 0.1) is 0 Å². The van der Waals surface area contributed by atoms with Crippen LogP contribution in [0, 0.1) is 0 Å². The normalized spacial score (nSPS) is 9.67. The Balaban J connectivity index is 0. The van der Waals surface area contributed by atoms with E-state index in [1.165, 1.54) is 0 Å². The number of rotatable bonds is 3. The molecule has 0 aliphatic heterocycles. The van der Waals surface area contributed by atoms with Crippen molar-refractivity contribution in [2.45, 2.75) is 53.1 Å². The van der Waals surface area contributed by atoms with E-state index in [0.29, 0.717) is 18.5 Å². The largest absolute Gasteiger partial charge is 0.312 e. The second-order valence-corrected chi connectivity index (χ2v) is 4.07. The maximum Gasteiger partial charge on any atom is 0.197 e. The quantitative estimate of drug-likeness (QED) is 0.766. The van der Waals surface area contributed by atoms with Crippen molar-refractivity contribution in [2.75, 3.05) is 0 Å². The van der Waals surface area contributed by atoms with Crippen LogP contribution in [0.4, 0.5) is 0 Å². The van der Waals surface area contributed by atoms with E-state index < -0.39 is 0 Å². The molecule has 0 aromatic rings. The van der Waals surface area contributed by atoms with Gasteiger partial charge in [0.1, 0.15) is 0 Å². The van der Waals surface area contributed by atoms with E-state index in [4.69, 9.17) is 0 Å². The SMILES string of the molecule is CC(C)NC(C)C.CCC(=O)Br. The van der Waals surface area contributed by atoms with E-state index in [0.717, 1.165) is 0 Å². The molecule has 0 heterocycles. The molecule has 0 aliphatic carbocycles. The summed E-state index contributed by atoms with van der Waals surface area (Å²) in [5.74, 6) is 0. The van der Waals surface area contributed by atoms with Gasteiger partial charge in [-0.25, -0.2) is 0 Å². The van der Waals surface area contributed by atoms with E-state index in [-0.39, 0.29) is 4.69 Å². The summed E-state index contributed by atoms with van der Waals surface area (Å²) in [5, 5.41) is 3.31. The van der Waals surface area contributed by atoms with Crippen LogP contribution in [0.5, 0.6) is 0 Å². The van der Waals surface area contributed by atoms with Crippen LogP contribution >= 0.6 is 15.9 Å². The van der Waals surface area contributed by atoms with Crippen LogP contribution in [0.3, 0.4) is 0 Å². The molecule has 2 nitrogen and oxygen atoms in total. The van der Waals surface area contributed by atoms with Gasteiger partial charge in [0.25, 0.3) is 0 Å². The average molecular weight is 238 g/mol. The molecule has 0 saturated heterocycles. The summed E-state index contributed by atoms with van der Waals surface area (Å²) < 4.78 is 0.0671. The Labute approximate surface area is 84.2 Å². The van der Waals surface area contributed by atoms with Crippen molar-refractivity contribution in [2.24, 2.45) is 0 Å². The first-order valence-corrected chi connectivity index (χ1v) is 5.13. The fourth-order valence-electron chi connectivity index (χ4n) is 0.667. The fraction of sp³-hybridized carbons (Fsp3) is 0.889. The molecule has 1 N–H and O–H groups in total. The molecule has 74 valence electrons. The Morgan fingerprint density at radius 1 is 1.25 bits per heavy atom. The summed E-state index contributed by atoms with van der Waals surface area (Å²) in [5.41, 5.74) is 0. The topological polar surface area (TPSA) is 29.1 Å². The third-order valence-corrected chi connectivity index (χ3v) is 1.51. The van der Waals surface area contributed by atoms with Crippen LogP contribution in [0.15, 0.2) is 0 Å². The van der Waals surface area contributed by atoms with Crippen molar-refractivity contribution in [3.8, 4) is 0 Å². The van der Waals surface area contributed by atoms with Gasteiger partial charge >= 0.3 is 0 Å². The number of carbonyl (C=O) groups excluding carboxylic acids is 1. The third kappa shape index (κ3) is 22.5. The van der Waals surface area contributed by atoms with Crippen molar-refractivity contribution in [1.82, 2.24) is 5.32 Å². The fourth-order valence-corrected chi connectivity index (χ4v) is 0.667. The van der Waals surface area contributed by atoms with Gasteiger partial charge < -0.3 is 5.32 Å². The highest BCUT2D eigenvalue weighted by molar-refractivity contribution is 9.18. The molecule has 0 radical (unpaired) electrons. The van der Waals surface area contributed by atoms with Crippen LogP contribution < -0.4 is 5.32 Å². The highest BCUT2D eigenvalue weighted by Gasteiger charge is 1.92. The predicted molar refractivity (Wildman–Crippen MR) is 57.6 cm³/mol. The van der Waals surface area contributed by atoms with Crippen LogP contribution in [0.2, 0.25) is 0 Å². The van der Waals surface area contributed by atoms with E-state index >= 15 is 0 Å². The molecule has 0 saturated carbocycles. The number of hydrogen-bond acceptors (Lipinski definition) is 2. The van der Waals surface area contributed by atoms with Gasteiger partial charge in [-0.1, -0.05) is 34.6 Å². The number of carbonyl (C=O) groups is 1. The molecule has 0 aromatic carbocycles. The van der Waals surface area contributed by atoms with Crippen molar-refractivity contribution >= 4 is 20.6 Å². The van der Waals surface area contributed by atoms with Crippen molar-refractivity contribution in [3.05, 3.63) is 0 Å². The number of nitrogens with one attached hydrogen (secondary N) is 1. The van der Waals surface area contributed by atoms with E-state index in [1.807, 2.05) is 0 Å². The number of hydrogen-bond donors (Lipinski definition) is 1. The summed E-state index contributed by atoms with van der Waals surface area (Å²) in [7, 11) is 0. The highest BCUT2D eigenvalue weighted by atomic mass is 79.9. The summed E-state index contributed by atoms with van der Waals surface area (Å²) in [6, 6.07) is 1.25. The molecular weight excluding hydrogens is 218 g/mol. The summed E-state index contributed by atoms with van der Waals surface area (Å²) in [4.78, 5) is 9.73. The van der Waals surface area contributed by atoms with Crippen molar-refractivity contribution in [1.29, 1.82) is 0 Å². The molecule has 3 heteroatoms. The van der Waals surface area contributed by atoms with Crippen molar-refractivity contribution in [3.63, 3.8) is 0 Å². The molecule has 0 fully saturated rings. The Bertz CT molecular complexity index is 107. The zero-order valence-electron chi connectivity index (χ0n) is 8.65. The maximum atomic E-state index is 9.73. The Morgan fingerprint density at radius 3 is 1.50 bits per heavy atom. The first-order valence-electron chi connectivity index (χ1n) is 4.34. The zero-order chi connectivity index (χ0) is 10.1. The van der Waals surface area contributed by atoms with Gasteiger partial charge in [-0.3, -0.25) is 4.79 Å². The molecular formula is C9H20BrNO. The summed E-state index contributed by atoms with van der Waals surface area (Å²) in [6.07, 6.45) is 0.583. The van der Waals surface area contributed by atoms with Gasteiger partial charge in [-0.15, -0.1) is 0 Å². The lowest BCUT2D eigenvalue weighted by Crippen LogP contribution is -2.29. The maximum absolute atomic E-state index is 9.73. The molecule has 0 unspecified atom stereocenters. The van der Waals surface area contributed by atoms with Crippen LogP contribution in [-0.2, 0) is 4.79 Å². The Hall–Kier alpha value is 0.110. The monoisotopic (exact) mass is 237 g/mol. The zero-order valence-corrected chi connectivity index (χ0v) is 10.2. The molecule has 0 rings (SSSR count). The van der Waals surface area contributed by atoms with Crippen LogP contribution in [0.25, 0.3) is 0 Å². The molecule has 0 aromatic heterocycles. The predicted octanol–water partition coefficient (Wildman–Crippen LogP) is 2.71. The molecule has 0 atom stereocenters. The number of halogens is 1. The molecule has 0 spiro atoms. The van der Waals surface area contributed by atoms with Crippen LogP contribution in [-0.4, -0.2) is 16.8 Å². The summed E-state index contributed by atoms with van der Waals surface area (Å²) >= 11 is 2.73. The summed E-state index contributed by atoms with van der Waals surface area (Å²) in [6.45, 7) is 10.4. The Kier molecular flexibility index (Phi) is 11.2. The molecule has 0 aliphatic rings. The molecule has 0 bridgehead atoms. The van der Waals surface area contributed by atoms with E-state index in [2.05, 4.69) is 48.9 Å². The van der Waals surface area contributed by atoms with E-state index in [9.17, 15) is 4.79 Å². The van der Waals surface area contributed by atoms with Crippen LogP contribution in [0.1, 0.15) is 41.0 Å². The first kappa shape index (κ1) is 14.6. The smallest absolute Gasteiger partial charge is 0.197 e. The lowest BCUT2D eigenvalue weighted by molar-refractivity contribution is -0.110. The lowest BCUT2D eigenvalue weighted by atomic mass is 10.3. The van der Waals surface area contributed by atoms with Gasteiger partial charge in [-0.2, -0.15) is 0 Å². The van der Waals surface area contributed by atoms with Gasteiger partial charge in [-0.05, 0) is 15.9 Å². The van der Waals surface area contributed by atoms with Gasteiger partial charge in [0, 0.05) is 18.5 Å². The standard InChI is InChI=1S/C6H15N.C3H5BrO/c1-5(2)7-6(3)4;1-2-3(4)5/h5-7H,1-4H3;2H2,1H3. The van der Waals surface area contributed by atoms with Gasteiger partial charge in [0.2, 0.25) is 0 Å². The minimum Gasteiger partial charge on any atom is -0.312 e. The second-order valence-electron chi connectivity index (χ2n) is 3.18. The molecule has 12 heavy (non-hydrogen) atoms. The Morgan fingerprint density at radius 2 is 1.50 bits per heavy atom. The average Bonchev–Trinajstić information content (AvgIpc) is 1.85. The third-order valence-electron chi connectivity index (χ3n) is 0.945.